The molecular formula is C22H49N3O12S4. The lowest BCUT2D eigenvalue weighted by atomic mass is 10.2. The van der Waals surface area contributed by atoms with E-state index < -0.39 is 57.9 Å². The molecule has 0 aromatic rings. The van der Waals surface area contributed by atoms with Crippen LogP contribution >= 0.6 is 0 Å². The van der Waals surface area contributed by atoms with Crippen molar-refractivity contribution in [1.29, 1.82) is 0 Å². The van der Waals surface area contributed by atoms with Crippen molar-refractivity contribution in [3.8, 4) is 0 Å². The summed E-state index contributed by atoms with van der Waals surface area (Å²) in [7, 11) is -13.3. The van der Waals surface area contributed by atoms with Crippen LogP contribution in [0.15, 0.2) is 0 Å². The summed E-state index contributed by atoms with van der Waals surface area (Å²) in [5.74, 6) is -2.23. The van der Waals surface area contributed by atoms with Gasteiger partial charge in [0.1, 0.15) is 0 Å². The second-order valence-corrected chi connectivity index (χ2v) is 17.1. The quantitative estimate of drug-likeness (QED) is 0.287. The minimum atomic E-state index is -3.37. The molecule has 19 heteroatoms. The van der Waals surface area contributed by atoms with Crippen molar-refractivity contribution in [2.24, 2.45) is 17.8 Å². The maximum Gasteiger partial charge on any atom is 0.264 e. The van der Waals surface area contributed by atoms with Crippen LogP contribution in [0.1, 0.15) is 75.7 Å². The molecule has 1 fully saturated rings. The Hall–Kier alpha value is -1.83. The molecule has 3 amide bonds. The van der Waals surface area contributed by atoms with Gasteiger partial charge in [-0.05, 0) is 26.7 Å². The molecule has 3 N–H and O–H groups in total. The average molecular weight is 676 g/mol. The van der Waals surface area contributed by atoms with Gasteiger partial charge in [0.2, 0.25) is 47.8 Å². The van der Waals surface area contributed by atoms with E-state index in [0.29, 0.717) is 12.8 Å². The fourth-order valence-electron chi connectivity index (χ4n) is 1.67. The first kappa shape index (κ1) is 46.1. The van der Waals surface area contributed by atoms with Gasteiger partial charge in [-0.2, -0.15) is 8.42 Å². The molecule has 0 saturated heterocycles. The number of sulfonamides is 3. The predicted octanol–water partition coefficient (Wildman–Crippen LogP) is 0.694. The summed E-state index contributed by atoms with van der Waals surface area (Å²) in [6.07, 6.45) is 4.06. The van der Waals surface area contributed by atoms with Crippen molar-refractivity contribution in [2.45, 2.75) is 87.0 Å². The average Bonchev–Trinajstić information content (AvgIpc) is 3.50. The molecular weight excluding hydrogens is 627 g/mol. The number of rotatable bonds is 9. The Bertz CT molecular complexity index is 1200. The zero-order valence-corrected chi connectivity index (χ0v) is 28.1. The second kappa shape index (κ2) is 19.4. The van der Waals surface area contributed by atoms with Crippen molar-refractivity contribution < 1.29 is 52.2 Å². The summed E-state index contributed by atoms with van der Waals surface area (Å²) in [6.45, 7) is 13.2. The molecule has 0 atom stereocenters. The first-order chi connectivity index (χ1) is 17.5. The van der Waals surface area contributed by atoms with Crippen LogP contribution in [0.3, 0.4) is 0 Å². The van der Waals surface area contributed by atoms with Gasteiger partial charge in [0, 0.05) is 17.8 Å². The minimum absolute atomic E-state index is 0. The van der Waals surface area contributed by atoms with E-state index in [0.717, 1.165) is 18.8 Å². The van der Waals surface area contributed by atoms with Gasteiger partial charge in [0.05, 0.1) is 30.1 Å². The van der Waals surface area contributed by atoms with Gasteiger partial charge in [0.15, 0.2) is 0 Å². The van der Waals surface area contributed by atoms with E-state index in [1.807, 2.05) is 9.44 Å². The molecule has 0 aliphatic heterocycles. The SMILES string of the molecule is C.CC(C)C(=O)NS(=O)(=O)C1CC1.CC(C)C(=O)NS(C)(=O)=O.CC(C)C(=O)NS(C)(=O)=O.CC(C)OS(C)(=O)=O. The third-order valence-electron chi connectivity index (χ3n) is 3.72. The molecule has 0 aromatic carbocycles. The molecule has 0 bridgehead atoms. The smallest absolute Gasteiger partial charge is 0.264 e. The standard InChI is InChI=1S/C7H13NO3S.2C5H11NO3S.C4H10O3S.CH4/c1-5(2)7(9)8-12(10,11)6-3-4-6;2*1-4(2)5(7)6-10(3,8)9;1-4(2)7-8(3,5)6;/h5-6H,3-4H2,1-2H3,(H,8,9);2*4H,1-3H3,(H,6,7);4H,1-3H3;1H4. The molecule has 1 rings (SSSR count). The largest absolute Gasteiger partial charge is 0.274 e. The summed E-state index contributed by atoms with van der Waals surface area (Å²) in [5.41, 5.74) is 0. The lowest BCUT2D eigenvalue weighted by Gasteiger charge is -2.06. The van der Waals surface area contributed by atoms with Crippen LogP contribution in [-0.4, -0.2) is 81.5 Å². The first-order valence-electron chi connectivity index (χ1n) is 12.0. The van der Waals surface area contributed by atoms with Crippen LogP contribution in [0.2, 0.25) is 0 Å². The zero-order chi connectivity index (χ0) is 32.9. The van der Waals surface area contributed by atoms with Gasteiger partial charge in [-0.1, -0.05) is 49.0 Å². The van der Waals surface area contributed by atoms with E-state index >= 15 is 0 Å². The van der Waals surface area contributed by atoms with Crippen LogP contribution in [0.5, 0.6) is 0 Å². The Kier molecular flexibility index (Phi) is 21.8. The molecule has 1 saturated carbocycles. The molecule has 15 nitrogen and oxygen atoms in total. The summed E-state index contributed by atoms with van der Waals surface area (Å²) < 4.78 is 94.6. The van der Waals surface area contributed by atoms with Gasteiger partial charge in [0.25, 0.3) is 10.1 Å². The van der Waals surface area contributed by atoms with Crippen LogP contribution < -0.4 is 14.2 Å². The Morgan fingerprint density at radius 1 is 0.585 bits per heavy atom. The summed E-state index contributed by atoms with van der Waals surface area (Å²) in [4.78, 5) is 32.3. The lowest BCUT2D eigenvalue weighted by Crippen LogP contribution is -2.35. The normalized spacial score (nSPS) is 13.3. The molecule has 0 spiro atoms. The lowest BCUT2D eigenvalue weighted by molar-refractivity contribution is -0.123. The molecule has 248 valence electrons. The van der Waals surface area contributed by atoms with Crippen molar-refractivity contribution in [2.75, 3.05) is 18.8 Å². The van der Waals surface area contributed by atoms with Gasteiger partial charge in [-0.15, -0.1) is 0 Å². The predicted molar refractivity (Wildman–Crippen MR) is 158 cm³/mol. The van der Waals surface area contributed by atoms with Crippen molar-refractivity contribution in [3.63, 3.8) is 0 Å². The highest BCUT2D eigenvalue weighted by molar-refractivity contribution is 7.91. The minimum Gasteiger partial charge on any atom is -0.274 e. The highest BCUT2D eigenvalue weighted by atomic mass is 32.2. The number of hydrogen-bond donors (Lipinski definition) is 3. The van der Waals surface area contributed by atoms with E-state index in [1.54, 1.807) is 55.4 Å². The van der Waals surface area contributed by atoms with E-state index in [2.05, 4.69) is 8.91 Å². The molecule has 0 radical (unpaired) electrons. The van der Waals surface area contributed by atoms with E-state index in [4.69, 9.17) is 0 Å². The van der Waals surface area contributed by atoms with Crippen molar-refractivity contribution in [1.82, 2.24) is 14.2 Å². The Morgan fingerprint density at radius 2 is 0.854 bits per heavy atom. The number of carbonyl (C=O) groups excluding carboxylic acids is 3. The Balaban J connectivity index is -0.000000223. The Labute approximate surface area is 247 Å². The van der Waals surface area contributed by atoms with Crippen LogP contribution in [0, 0.1) is 17.8 Å². The summed E-state index contributed by atoms with van der Waals surface area (Å²) in [5, 5.41) is -0.319. The number of amides is 3. The van der Waals surface area contributed by atoms with Gasteiger partial charge in [-0.25, -0.2) is 25.3 Å². The van der Waals surface area contributed by atoms with E-state index in [-0.39, 0.29) is 36.5 Å². The van der Waals surface area contributed by atoms with E-state index in [9.17, 15) is 48.1 Å². The first-order valence-corrected chi connectivity index (χ1v) is 19.1. The second-order valence-electron chi connectivity index (χ2n) is 10.0. The molecule has 0 aromatic heterocycles. The van der Waals surface area contributed by atoms with Gasteiger partial charge >= 0.3 is 0 Å². The highest BCUT2D eigenvalue weighted by Crippen LogP contribution is 2.27. The molecule has 0 unspecified atom stereocenters. The Morgan fingerprint density at radius 3 is 0.976 bits per heavy atom. The van der Waals surface area contributed by atoms with Gasteiger partial charge < -0.3 is 0 Å². The molecule has 1 aliphatic rings. The highest BCUT2D eigenvalue weighted by Gasteiger charge is 2.37. The molecule has 1 aliphatic carbocycles. The van der Waals surface area contributed by atoms with Crippen LogP contribution in [-0.2, 0) is 58.8 Å². The third kappa shape index (κ3) is 32.5. The van der Waals surface area contributed by atoms with Crippen LogP contribution in [0.4, 0.5) is 0 Å². The maximum atomic E-state index is 11.2. The maximum absolute atomic E-state index is 11.2. The number of nitrogens with one attached hydrogen (secondary N) is 3. The fraction of sp³-hybridized carbons (Fsp3) is 0.864. The summed E-state index contributed by atoms with van der Waals surface area (Å²) in [6, 6.07) is 0. The monoisotopic (exact) mass is 675 g/mol. The number of carbonyl (C=O) groups is 3. The third-order valence-corrected chi connectivity index (χ3v) is 7.43. The number of hydrogen-bond acceptors (Lipinski definition) is 12. The fourth-order valence-corrected chi connectivity index (χ4v) is 5.01. The van der Waals surface area contributed by atoms with Crippen molar-refractivity contribution >= 4 is 57.9 Å². The van der Waals surface area contributed by atoms with Crippen molar-refractivity contribution in [3.05, 3.63) is 0 Å². The topological polar surface area (TPSA) is 233 Å². The zero-order valence-electron chi connectivity index (χ0n) is 24.8. The summed E-state index contributed by atoms with van der Waals surface area (Å²) >= 11 is 0. The van der Waals surface area contributed by atoms with Gasteiger partial charge in [-0.3, -0.25) is 32.7 Å². The molecule has 0 heterocycles. The van der Waals surface area contributed by atoms with E-state index in [1.165, 1.54) is 0 Å². The molecule has 41 heavy (non-hydrogen) atoms. The van der Waals surface area contributed by atoms with Crippen LogP contribution in [0.25, 0.3) is 0 Å².